The van der Waals surface area contributed by atoms with Crippen molar-refractivity contribution in [3.63, 3.8) is 0 Å². The molecule has 0 saturated carbocycles. The van der Waals surface area contributed by atoms with Gasteiger partial charge < -0.3 is 14.9 Å². The van der Waals surface area contributed by atoms with E-state index in [1.54, 1.807) is 17.9 Å². The molecule has 1 aliphatic heterocycles. The largest absolute Gasteiger partial charge is 0.480 e. The van der Waals surface area contributed by atoms with Crippen molar-refractivity contribution in [2.45, 2.75) is 32.7 Å². The minimum atomic E-state index is -0.873. The molecule has 2 N–H and O–H groups in total. The SMILES string of the molecule is Cc1cc(NC(=O)CN2CCCC(C)C2C(=O)O)no1. The van der Waals surface area contributed by atoms with Crippen LogP contribution in [0.1, 0.15) is 25.5 Å². The topological polar surface area (TPSA) is 95.7 Å². The minimum absolute atomic E-state index is 0.0448. The van der Waals surface area contributed by atoms with Gasteiger partial charge in [0, 0.05) is 6.07 Å². The number of carboxylic acids is 1. The van der Waals surface area contributed by atoms with E-state index in [1.165, 1.54) is 0 Å². The summed E-state index contributed by atoms with van der Waals surface area (Å²) in [7, 11) is 0. The van der Waals surface area contributed by atoms with Gasteiger partial charge in [-0.15, -0.1) is 0 Å². The van der Waals surface area contributed by atoms with Crippen LogP contribution in [0.25, 0.3) is 0 Å². The molecule has 0 bridgehead atoms. The molecule has 110 valence electrons. The number of aliphatic carboxylic acids is 1. The number of piperidine rings is 1. The summed E-state index contributed by atoms with van der Waals surface area (Å²) >= 11 is 0. The standard InChI is InChI=1S/C13H19N3O4/c1-8-4-3-5-16(12(8)13(18)19)7-11(17)14-10-6-9(2)20-15-10/h6,8,12H,3-5,7H2,1-2H3,(H,18,19)(H,14,15,17). The quantitative estimate of drug-likeness (QED) is 0.858. The van der Waals surface area contributed by atoms with Crippen LogP contribution in [0.5, 0.6) is 0 Å². The molecule has 0 aromatic carbocycles. The fourth-order valence-corrected chi connectivity index (χ4v) is 2.64. The third-order valence-corrected chi connectivity index (χ3v) is 3.53. The molecule has 0 aliphatic carbocycles. The predicted molar refractivity (Wildman–Crippen MR) is 71.3 cm³/mol. The van der Waals surface area contributed by atoms with Crippen molar-refractivity contribution < 1.29 is 19.2 Å². The van der Waals surface area contributed by atoms with Crippen LogP contribution in [0.15, 0.2) is 10.6 Å². The summed E-state index contributed by atoms with van der Waals surface area (Å²) in [5, 5.41) is 15.6. The highest BCUT2D eigenvalue weighted by Crippen LogP contribution is 2.23. The number of carbonyl (C=O) groups excluding carboxylic acids is 1. The van der Waals surface area contributed by atoms with Gasteiger partial charge in [-0.3, -0.25) is 14.5 Å². The van der Waals surface area contributed by atoms with E-state index in [4.69, 9.17) is 4.52 Å². The number of carboxylic acid groups (broad SMARTS) is 1. The van der Waals surface area contributed by atoms with Crippen molar-refractivity contribution in [2.24, 2.45) is 5.92 Å². The first-order valence-corrected chi connectivity index (χ1v) is 6.67. The van der Waals surface area contributed by atoms with E-state index in [-0.39, 0.29) is 18.4 Å². The fraction of sp³-hybridized carbons (Fsp3) is 0.615. The van der Waals surface area contributed by atoms with Gasteiger partial charge in [0.25, 0.3) is 0 Å². The molecule has 1 saturated heterocycles. The first kappa shape index (κ1) is 14.5. The number of anilines is 1. The van der Waals surface area contributed by atoms with Crippen LogP contribution in [0.3, 0.4) is 0 Å². The third-order valence-electron chi connectivity index (χ3n) is 3.53. The lowest BCUT2D eigenvalue weighted by Crippen LogP contribution is -2.51. The van der Waals surface area contributed by atoms with Gasteiger partial charge in [-0.25, -0.2) is 0 Å². The lowest BCUT2D eigenvalue weighted by Gasteiger charge is -2.36. The normalized spacial score (nSPS) is 23.5. The van der Waals surface area contributed by atoms with E-state index in [0.29, 0.717) is 18.1 Å². The van der Waals surface area contributed by atoms with E-state index >= 15 is 0 Å². The van der Waals surface area contributed by atoms with Gasteiger partial charge >= 0.3 is 5.97 Å². The highest BCUT2D eigenvalue weighted by atomic mass is 16.5. The Morgan fingerprint density at radius 1 is 1.60 bits per heavy atom. The van der Waals surface area contributed by atoms with Crippen LogP contribution in [0.2, 0.25) is 0 Å². The second-order valence-electron chi connectivity index (χ2n) is 5.24. The Hall–Kier alpha value is -1.89. The number of hydrogen-bond donors (Lipinski definition) is 2. The van der Waals surface area contributed by atoms with Gasteiger partial charge in [0.2, 0.25) is 5.91 Å². The Kier molecular flexibility index (Phi) is 4.39. The van der Waals surface area contributed by atoms with Crippen molar-refractivity contribution in [2.75, 3.05) is 18.4 Å². The number of likely N-dealkylation sites (tertiary alicyclic amines) is 1. The molecule has 2 heterocycles. The lowest BCUT2D eigenvalue weighted by atomic mass is 9.91. The van der Waals surface area contributed by atoms with Gasteiger partial charge in [0.1, 0.15) is 11.8 Å². The molecule has 2 rings (SSSR count). The second-order valence-corrected chi connectivity index (χ2v) is 5.24. The van der Waals surface area contributed by atoms with Gasteiger partial charge in [-0.1, -0.05) is 12.1 Å². The summed E-state index contributed by atoms with van der Waals surface area (Å²) in [5.74, 6) is -0.149. The Labute approximate surface area is 116 Å². The van der Waals surface area contributed by atoms with Crippen LogP contribution in [-0.4, -0.2) is 46.2 Å². The maximum atomic E-state index is 11.9. The predicted octanol–water partition coefficient (Wildman–Crippen LogP) is 1.11. The molecule has 0 radical (unpaired) electrons. The number of nitrogens with one attached hydrogen (secondary N) is 1. The Morgan fingerprint density at radius 2 is 2.35 bits per heavy atom. The summed E-state index contributed by atoms with van der Waals surface area (Å²) < 4.78 is 4.86. The zero-order chi connectivity index (χ0) is 14.7. The number of nitrogens with zero attached hydrogens (tertiary/aromatic N) is 2. The lowest BCUT2D eigenvalue weighted by molar-refractivity contribution is -0.147. The molecule has 7 heteroatoms. The van der Waals surface area contributed by atoms with Crippen molar-refractivity contribution in [3.05, 3.63) is 11.8 Å². The minimum Gasteiger partial charge on any atom is -0.480 e. The highest BCUT2D eigenvalue weighted by molar-refractivity contribution is 5.91. The number of rotatable bonds is 4. The molecule has 7 nitrogen and oxygen atoms in total. The molecule has 2 unspecified atom stereocenters. The van der Waals surface area contributed by atoms with Crippen molar-refractivity contribution in [1.82, 2.24) is 10.1 Å². The average Bonchev–Trinajstić information content (AvgIpc) is 2.74. The van der Waals surface area contributed by atoms with Crippen LogP contribution in [-0.2, 0) is 9.59 Å². The highest BCUT2D eigenvalue weighted by Gasteiger charge is 2.35. The van der Waals surface area contributed by atoms with Gasteiger partial charge in [-0.2, -0.15) is 0 Å². The molecule has 1 fully saturated rings. The maximum Gasteiger partial charge on any atom is 0.321 e. The van der Waals surface area contributed by atoms with Gasteiger partial charge in [0.15, 0.2) is 5.82 Å². The van der Waals surface area contributed by atoms with Gasteiger partial charge in [0.05, 0.1) is 6.54 Å². The molecule has 2 atom stereocenters. The summed E-state index contributed by atoms with van der Waals surface area (Å²) in [6.45, 7) is 4.30. The van der Waals surface area contributed by atoms with E-state index in [2.05, 4.69) is 10.5 Å². The van der Waals surface area contributed by atoms with Gasteiger partial charge in [-0.05, 0) is 32.2 Å². The number of amides is 1. The zero-order valence-corrected chi connectivity index (χ0v) is 11.6. The molecule has 20 heavy (non-hydrogen) atoms. The van der Waals surface area contributed by atoms with Crippen molar-refractivity contribution >= 4 is 17.7 Å². The maximum absolute atomic E-state index is 11.9. The number of aryl methyl sites for hydroxylation is 1. The first-order chi connectivity index (χ1) is 9.47. The third kappa shape index (κ3) is 3.36. The Balaban J connectivity index is 1.96. The Bertz CT molecular complexity index is 500. The molecule has 1 amide bonds. The molecule has 0 spiro atoms. The van der Waals surface area contributed by atoms with Crippen LogP contribution in [0, 0.1) is 12.8 Å². The second kappa shape index (κ2) is 6.04. The van der Waals surface area contributed by atoms with Crippen molar-refractivity contribution in [1.29, 1.82) is 0 Å². The molecule has 1 aromatic rings. The number of carbonyl (C=O) groups is 2. The summed E-state index contributed by atoms with van der Waals surface area (Å²) in [4.78, 5) is 25.0. The van der Waals surface area contributed by atoms with Crippen LogP contribution < -0.4 is 5.32 Å². The Morgan fingerprint density at radius 3 is 2.95 bits per heavy atom. The zero-order valence-electron chi connectivity index (χ0n) is 11.6. The van der Waals surface area contributed by atoms with E-state index in [9.17, 15) is 14.7 Å². The summed E-state index contributed by atoms with van der Waals surface area (Å²) in [5.41, 5.74) is 0. The van der Waals surface area contributed by atoms with E-state index < -0.39 is 12.0 Å². The molecule has 1 aliphatic rings. The monoisotopic (exact) mass is 281 g/mol. The molecular formula is C13H19N3O4. The average molecular weight is 281 g/mol. The van der Waals surface area contributed by atoms with Crippen LogP contribution >= 0.6 is 0 Å². The molecule has 1 aromatic heterocycles. The summed E-state index contributed by atoms with van der Waals surface area (Å²) in [6.07, 6.45) is 1.78. The van der Waals surface area contributed by atoms with E-state index in [1.807, 2.05) is 6.92 Å². The van der Waals surface area contributed by atoms with Crippen molar-refractivity contribution in [3.8, 4) is 0 Å². The van der Waals surface area contributed by atoms with Crippen LogP contribution in [0.4, 0.5) is 5.82 Å². The number of hydrogen-bond acceptors (Lipinski definition) is 5. The summed E-state index contributed by atoms with van der Waals surface area (Å²) in [6, 6.07) is 1.01. The molecular weight excluding hydrogens is 262 g/mol. The fourth-order valence-electron chi connectivity index (χ4n) is 2.64. The smallest absolute Gasteiger partial charge is 0.321 e. The van der Waals surface area contributed by atoms with E-state index in [0.717, 1.165) is 12.8 Å². The number of aromatic nitrogens is 1. The first-order valence-electron chi connectivity index (χ1n) is 6.67.